The number of sulfone groups is 1. The van der Waals surface area contributed by atoms with Gasteiger partial charge in [-0.3, -0.25) is 4.79 Å². The minimum absolute atomic E-state index is 0.00502. The third kappa shape index (κ3) is 1.20. The maximum Gasteiger partial charge on any atom is 0.285 e. The SMILES string of the molecule is CS(=O)(=O)C1=C2C(=O)N=CN=C2N=N1. The number of hydrogen-bond acceptors (Lipinski definition) is 6. The lowest BCUT2D eigenvalue weighted by Crippen LogP contribution is -2.14. The summed E-state index contributed by atoms with van der Waals surface area (Å²) < 4.78 is 22.3. The minimum atomic E-state index is -3.56. The van der Waals surface area contributed by atoms with Crippen LogP contribution in [0.3, 0.4) is 0 Å². The molecular formula is C6H4N4O3S. The number of hydrogen-bond donors (Lipinski definition) is 0. The lowest BCUT2D eigenvalue weighted by molar-refractivity contribution is -0.113. The average Bonchev–Trinajstić information content (AvgIpc) is 2.47. The molecule has 1 amide bonds. The van der Waals surface area contributed by atoms with E-state index < -0.39 is 15.7 Å². The minimum Gasteiger partial charge on any atom is -0.266 e. The Morgan fingerprint density at radius 1 is 1.29 bits per heavy atom. The summed E-state index contributed by atoms with van der Waals surface area (Å²) in [6.07, 6.45) is 1.97. The number of rotatable bonds is 1. The van der Waals surface area contributed by atoms with Crippen LogP contribution in [0.5, 0.6) is 0 Å². The Hall–Kier alpha value is -1.70. The molecule has 0 saturated carbocycles. The Labute approximate surface area is 78.9 Å². The molecule has 8 heteroatoms. The van der Waals surface area contributed by atoms with Gasteiger partial charge in [0.15, 0.2) is 20.7 Å². The van der Waals surface area contributed by atoms with Crippen LogP contribution in [-0.4, -0.2) is 32.8 Å². The highest BCUT2D eigenvalue weighted by atomic mass is 32.2. The van der Waals surface area contributed by atoms with Crippen LogP contribution in [0, 0.1) is 0 Å². The maximum atomic E-state index is 11.2. The lowest BCUT2D eigenvalue weighted by atomic mass is 10.2. The van der Waals surface area contributed by atoms with E-state index in [-0.39, 0.29) is 16.4 Å². The summed E-state index contributed by atoms with van der Waals surface area (Å²) in [6.45, 7) is 0. The maximum absolute atomic E-state index is 11.2. The number of carbonyl (C=O) groups excluding carboxylic acids is 1. The molecule has 2 heterocycles. The second-order valence-corrected chi connectivity index (χ2v) is 4.59. The van der Waals surface area contributed by atoms with E-state index in [1.807, 2.05) is 0 Å². The van der Waals surface area contributed by atoms with Gasteiger partial charge in [0, 0.05) is 6.26 Å². The second-order valence-electron chi connectivity index (χ2n) is 2.65. The van der Waals surface area contributed by atoms with Crippen LogP contribution in [0.25, 0.3) is 0 Å². The summed E-state index contributed by atoms with van der Waals surface area (Å²) in [6, 6.07) is 0. The van der Waals surface area contributed by atoms with Gasteiger partial charge in [0.05, 0.1) is 0 Å². The Bertz CT molecular complexity index is 537. The fourth-order valence-electron chi connectivity index (χ4n) is 1.03. The number of amidine groups is 1. The fraction of sp³-hybridized carbons (Fsp3) is 0.167. The Kier molecular flexibility index (Phi) is 1.68. The molecule has 0 bridgehead atoms. The molecule has 0 unspecified atom stereocenters. The van der Waals surface area contributed by atoms with Crippen LogP contribution in [0.4, 0.5) is 0 Å². The molecule has 0 spiro atoms. The molecular weight excluding hydrogens is 208 g/mol. The number of aliphatic imine (C=N–C) groups is 2. The summed E-state index contributed by atoms with van der Waals surface area (Å²) in [7, 11) is -3.56. The lowest BCUT2D eigenvalue weighted by Gasteiger charge is -2.00. The van der Waals surface area contributed by atoms with Gasteiger partial charge in [-0.15, -0.1) is 10.2 Å². The van der Waals surface area contributed by atoms with Gasteiger partial charge < -0.3 is 0 Å². The normalized spacial score (nSPS) is 20.1. The van der Waals surface area contributed by atoms with Gasteiger partial charge in [0.1, 0.15) is 11.9 Å². The van der Waals surface area contributed by atoms with Crippen molar-refractivity contribution in [3.63, 3.8) is 0 Å². The summed E-state index contributed by atoms with van der Waals surface area (Å²) in [4.78, 5) is 18.2. The van der Waals surface area contributed by atoms with Crippen molar-refractivity contribution in [2.75, 3.05) is 6.26 Å². The summed E-state index contributed by atoms with van der Waals surface area (Å²) >= 11 is 0. The standard InChI is InChI=1S/C6H4N4O3S/c1-14(12,13)6-3-4(9-10-6)7-2-8-5(3)11/h2H,1H3. The molecule has 2 aliphatic heterocycles. The van der Waals surface area contributed by atoms with Gasteiger partial charge >= 0.3 is 0 Å². The van der Waals surface area contributed by atoms with Crippen molar-refractivity contribution in [1.29, 1.82) is 0 Å². The third-order valence-corrected chi connectivity index (χ3v) is 2.58. The molecule has 0 aromatic carbocycles. The summed E-state index contributed by atoms with van der Waals surface area (Å²) in [5, 5.41) is 6.49. The van der Waals surface area contributed by atoms with Crippen LogP contribution in [-0.2, 0) is 14.6 Å². The molecule has 14 heavy (non-hydrogen) atoms. The third-order valence-electron chi connectivity index (χ3n) is 1.59. The molecule has 0 aliphatic carbocycles. The van der Waals surface area contributed by atoms with Crippen molar-refractivity contribution < 1.29 is 13.2 Å². The van der Waals surface area contributed by atoms with Crippen molar-refractivity contribution in [2.24, 2.45) is 20.2 Å². The first kappa shape index (κ1) is 8.88. The van der Waals surface area contributed by atoms with Gasteiger partial charge in [-0.1, -0.05) is 0 Å². The quantitative estimate of drug-likeness (QED) is 0.594. The van der Waals surface area contributed by atoms with Gasteiger partial charge in [-0.25, -0.2) is 13.4 Å². The zero-order valence-electron chi connectivity index (χ0n) is 7.00. The fourth-order valence-corrected chi connectivity index (χ4v) is 1.76. The molecule has 72 valence electrons. The number of amides is 1. The largest absolute Gasteiger partial charge is 0.285 e. The molecule has 2 rings (SSSR count). The number of fused-ring (bicyclic) bond motifs is 1. The van der Waals surface area contributed by atoms with E-state index in [4.69, 9.17) is 0 Å². The monoisotopic (exact) mass is 212 g/mol. The summed E-state index contributed by atoms with van der Waals surface area (Å²) in [5.74, 6) is -0.675. The molecule has 0 N–H and O–H groups in total. The van der Waals surface area contributed by atoms with E-state index in [0.29, 0.717) is 0 Å². The highest BCUT2D eigenvalue weighted by Crippen LogP contribution is 2.24. The van der Waals surface area contributed by atoms with E-state index in [2.05, 4.69) is 20.2 Å². The summed E-state index contributed by atoms with van der Waals surface area (Å²) in [5.41, 5.74) is -0.144. The van der Waals surface area contributed by atoms with Crippen LogP contribution in [0.1, 0.15) is 0 Å². The first-order valence-electron chi connectivity index (χ1n) is 3.51. The van der Waals surface area contributed by atoms with Gasteiger partial charge in [0.2, 0.25) is 0 Å². The Morgan fingerprint density at radius 3 is 2.64 bits per heavy atom. The molecule has 0 aromatic rings. The predicted octanol–water partition coefficient (Wildman–Crippen LogP) is -0.325. The zero-order valence-corrected chi connectivity index (χ0v) is 7.82. The molecule has 7 nitrogen and oxygen atoms in total. The number of nitrogens with zero attached hydrogens (tertiary/aromatic N) is 4. The van der Waals surface area contributed by atoms with Crippen molar-refractivity contribution in [2.45, 2.75) is 0 Å². The molecule has 0 atom stereocenters. The first-order valence-corrected chi connectivity index (χ1v) is 5.40. The number of carbonyl (C=O) groups is 1. The van der Waals surface area contributed by atoms with Crippen LogP contribution in [0.15, 0.2) is 30.8 Å². The van der Waals surface area contributed by atoms with E-state index in [0.717, 1.165) is 12.6 Å². The van der Waals surface area contributed by atoms with Gasteiger partial charge in [-0.2, -0.15) is 4.99 Å². The van der Waals surface area contributed by atoms with Crippen molar-refractivity contribution in [3.8, 4) is 0 Å². The molecule has 0 aromatic heterocycles. The highest BCUT2D eigenvalue weighted by molar-refractivity contribution is 7.94. The van der Waals surface area contributed by atoms with Gasteiger partial charge in [-0.05, 0) is 0 Å². The van der Waals surface area contributed by atoms with Crippen molar-refractivity contribution >= 4 is 27.9 Å². The zero-order chi connectivity index (χ0) is 10.3. The highest BCUT2D eigenvalue weighted by Gasteiger charge is 2.32. The Balaban J connectivity index is 2.70. The molecule has 0 fully saturated rings. The van der Waals surface area contributed by atoms with Gasteiger partial charge in [0.25, 0.3) is 5.91 Å². The Morgan fingerprint density at radius 2 is 2.00 bits per heavy atom. The molecule has 0 saturated heterocycles. The predicted molar refractivity (Wildman–Crippen MR) is 47.7 cm³/mol. The van der Waals surface area contributed by atoms with Crippen molar-refractivity contribution in [3.05, 3.63) is 10.6 Å². The second kappa shape index (κ2) is 2.64. The van der Waals surface area contributed by atoms with E-state index in [1.165, 1.54) is 0 Å². The molecule has 2 aliphatic rings. The number of azo groups is 1. The van der Waals surface area contributed by atoms with Crippen LogP contribution >= 0.6 is 0 Å². The van der Waals surface area contributed by atoms with E-state index in [1.54, 1.807) is 0 Å². The van der Waals surface area contributed by atoms with E-state index >= 15 is 0 Å². The molecule has 0 radical (unpaired) electrons. The van der Waals surface area contributed by atoms with Crippen molar-refractivity contribution in [1.82, 2.24) is 0 Å². The van der Waals surface area contributed by atoms with Crippen LogP contribution in [0.2, 0.25) is 0 Å². The smallest absolute Gasteiger partial charge is 0.266 e. The first-order chi connectivity index (χ1) is 6.50. The van der Waals surface area contributed by atoms with E-state index in [9.17, 15) is 13.2 Å². The topological polar surface area (TPSA) is 101 Å². The van der Waals surface area contributed by atoms with Crippen LogP contribution < -0.4 is 0 Å². The average molecular weight is 212 g/mol.